The lowest BCUT2D eigenvalue weighted by molar-refractivity contribution is -0.141. The zero-order valence-electron chi connectivity index (χ0n) is 14.9. The highest BCUT2D eigenvalue weighted by molar-refractivity contribution is 5.60. The number of imidazole rings is 1. The Morgan fingerprint density at radius 1 is 0.900 bits per heavy atom. The summed E-state index contributed by atoms with van der Waals surface area (Å²) in [5.41, 5.74) is -0.300. The van der Waals surface area contributed by atoms with E-state index in [1.54, 1.807) is 24.5 Å². The summed E-state index contributed by atoms with van der Waals surface area (Å²) in [7, 11) is 0. The van der Waals surface area contributed by atoms with Gasteiger partial charge in [0, 0.05) is 35.9 Å². The summed E-state index contributed by atoms with van der Waals surface area (Å²) in [6.07, 6.45) is -0.517. The number of aromatic nitrogens is 6. The summed E-state index contributed by atoms with van der Waals surface area (Å²) in [6, 6.07) is 6.38. The highest BCUT2D eigenvalue weighted by Gasteiger charge is 2.32. The second-order valence-corrected chi connectivity index (χ2v) is 6.12. The van der Waals surface area contributed by atoms with Crippen molar-refractivity contribution in [2.45, 2.75) is 12.6 Å². The van der Waals surface area contributed by atoms with Gasteiger partial charge in [0.2, 0.25) is 5.95 Å². The molecule has 0 atom stereocenters. The molecule has 0 aliphatic heterocycles. The van der Waals surface area contributed by atoms with Crippen LogP contribution >= 0.6 is 0 Å². The molecule has 0 saturated heterocycles. The topological polar surface area (TPSA) is 69.4 Å². The lowest BCUT2D eigenvalue weighted by Gasteiger charge is -2.09. The van der Waals surface area contributed by atoms with Crippen LogP contribution in [0.1, 0.15) is 17.8 Å². The van der Waals surface area contributed by atoms with Crippen molar-refractivity contribution >= 4 is 0 Å². The predicted molar refractivity (Wildman–Crippen MR) is 95.6 cm³/mol. The van der Waals surface area contributed by atoms with Gasteiger partial charge in [-0.2, -0.15) is 13.2 Å². The van der Waals surface area contributed by atoms with E-state index in [1.165, 1.54) is 17.1 Å². The number of halogens is 5. The molecule has 152 valence electrons. The number of nitrogens with zero attached hydrogens (tertiary/aromatic N) is 6. The van der Waals surface area contributed by atoms with Crippen LogP contribution in [0.2, 0.25) is 0 Å². The Balaban J connectivity index is 1.75. The molecule has 0 aliphatic rings. The third-order valence-electron chi connectivity index (χ3n) is 4.08. The molecule has 11 heteroatoms. The van der Waals surface area contributed by atoms with E-state index in [2.05, 4.69) is 24.9 Å². The Morgan fingerprint density at radius 2 is 1.70 bits per heavy atom. The van der Waals surface area contributed by atoms with Crippen LogP contribution in [0.4, 0.5) is 22.0 Å². The first kappa shape index (κ1) is 19.6. The van der Waals surface area contributed by atoms with Crippen molar-refractivity contribution in [3.05, 3.63) is 72.8 Å². The third-order valence-corrected chi connectivity index (χ3v) is 4.08. The number of hydrogen-bond donors (Lipinski definition) is 0. The van der Waals surface area contributed by atoms with E-state index < -0.39 is 24.0 Å². The maximum Gasteiger partial charge on any atom is 0.433 e. The summed E-state index contributed by atoms with van der Waals surface area (Å²) in [5, 5.41) is 0. The van der Waals surface area contributed by atoms with E-state index in [-0.39, 0.29) is 17.2 Å². The van der Waals surface area contributed by atoms with Gasteiger partial charge in [-0.25, -0.2) is 23.7 Å². The molecule has 0 spiro atoms. The quantitative estimate of drug-likeness (QED) is 0.448. The minimum Gasteiger partial charge on any atom is -0.274 e. The SMILES string of the molecule is FC(F)c1cc(-c2ccc(C(F)(F)F)nc2)nc(-n2cnc(-c3cccnc3)c2)n1. The van der Waals surface area contributed by atoms with Crippen LogP contribution in [0.15, 0.2) is 61.4 Å². The van der Waals surface area contributed by atoms with E-state index in [9.17, 15) is 22.0 Å². The Hall–Kier alpha value is -3.76. The fourth-order valence-electron chi connectivity index (χ4n) is 2.64. The van der Waals surface area contributed by atoms with Gasteiger partial charge in [0.05, 0.1) is 11.4 Å². The molecule has 4 aromatic heterocycles. The lowest BCUT2D eigenvalue weighted by atomic mass is 10.1. The van der Waals surface area contributed by atoms with Gasteiger partial charge in [-0.05, 0) is 30.3 Å². The maximum absolute atomic E-state index is 13.4. The van der Waals surface area contributed by atoms with E-state index in [0.29, 0.717) is 11.3 Å². The van der Waals surface area contributed by atoms with E-state index in [1.807, 2.05) is 0 Å². The highest BCUT2D eigenvalue weighted by atomic mass is 19.4. The van der Waals surface area contributed by atoms with Gasteiger partial charge >= 0.3 is 6.18 Å². The molecule has 0 saturated carbocycles. The zero-order valence-corrected chi connectivity index (χ0v) is 14.9. The number of hydrogen-bond acceptors (Lipinski definition) is 5. The molecule has 0 bridgehead atoms. The van der Waals surface area contributed by atoms with Crippen LogP contribution in [-0.4, -0.2) is 29.5 Å². The summed E-state index contributed by atoms with van der Waals surface area (Å²) < 4.78 is 66.2. The first-order chi connectivity index (χ1) is 14.3. The molecule has 0 amide bonds. The molecular weight excluding hydrogens is 407 g/mol. The first-order valence-electron chi connectivity index (χ1n) is 8.47. The second-order valence-electron chi connectivity index (χ2n) is 6.12. The van der Waals surface area contributed by atoms with Gasteiger partial charge in [0.15, 0.2) is 0 Å². The van der Waals surface area contributed by atoms with Crippen LogP contribution in [0.5, 0.6) is 0 Å². The fourth-order valence-corrected chi connectivity index (χ4v) is 2.64. The van der Waals surface area contributed by atoms with Gasteiger partial charge in [0.25, 0.3) is 6.43 Å². The Morgan fingerprint density at radius 3 is 2.33 bits per heavy atom. The van der Waals surface area contributed by atoms with Crippen molar-refractivity contribution in [2.24, 2.45) is 0 Å². The second kappa shape index (κ2) is 7.58. The van der Waals surface area contributed by atoms with Crippen molar-refractivity contribution in [1.29, 1.82) is 0 Å². The molecule has 4 rings (SSSR count). The lowest BCUT2D eigenvalue weighted by Crippen LogP contribution is -2.08. The number of pyridine rings is 2. The summed E-state index contributed by atoms with van der Waals surface area (Å²) in [4.78, 5) is 19.6. The maximum atomic E-state index is 13.4. The molecule has 4 heterocycles. The standard InChI is InChI=1S/C19H11F5N6/c20-17(21)14-6-13(12-3-4-16(26-8-12)19(22,23)24)28-18(29-14)30-9-15(27-10-30)11-2-1-5-25-7-11/h1-10,17H. The smallest absolute Gasteiger partial charge is 0.274 e. The Bertz CT molecular complexity index is 1160. The van der Waals surface area contributed by atoms with Crippen molar-refractivity contribution in [3.63, 3.8) is 0 Å². The monoisotopic (exact) mass is 418 g/mol. The van der Waals surface area contributed by atoms with E-state index in [4.69, 9.17) is 0 Å². The van der Waals surface area contributed by atoms with Gasteiger partial charge in [-0.3, -0.25) is 14.5 Å². The fraction of sp³-hybridized carbons (Fsp3) is 0.105. The minimum absolute atomic E-state index is 0.00755. The molecule has 0 N–H and O–H groups in total. The van der Waals surface area contributed by atoms with Crippen LogP contribution in [0, 0.1) is 0 Å². The Labute approximate surface area is 166 Å². The van der Waals surface area contributed by atoms with E-state index >= 15 is 0 Å². The normalized spacial score (nSPS) is 11.8. The Kier molecular flexibility index (Phi) is 4.94. The largest absolute Gasteiger partial charge is 0.433 e. The van der Waals surface area contributed by atoms with Crippen molar-refractivity contribution < 1.29 is 22.0 Å². The van der Waals surface area contributed by atoms with Gasteiger partial charge < -0.3 is 0 Å². The highest BCUT2D eigenvalue weighted by Crippen LogP contribution is 2.30. The van der Waals surface area contributed by atoms with Crippen LogP contribution < -0.4 is 0 Å². The molecule has 0 aromatic carbocycles. The molecule has 6 nitrogen and oxygen atoms in total. The first-order valence-corrected chi connectivity index (χ1v) is 8.47. The molecule has 0 unspecified atom stereocenters. The summed E-state index contributed by atoms with van der Waals surface area (Å²) in [5.74, 6) is -0.106. The van der Waals surface area contributed by atoms with Gasteiger partial charge in [-0.15, -0.1) is 0 Å². The molecule has 30 heavy (non-hydrogen) atoms. The van der Waals surface area contributed by atoms with E-state index in [0.717, 1.165) is 24.4 Å². The number of alkyl halides is 5. The average Bonchev–Trinajstić information content (AvgIpc) is 3.24. The van der Waals surface area contributed by atoms with Crippen molar-refractivity contribution in [1.82, 2.24) is 29.5 Å². The molecule has 0 fully saturated rings. The van der Waals surface area contributed by atoms with Gasteiger partial charge in [0.1, 0.15) is 17.7 Å². The third kappa shape index (κ3) is 4.00. The number of rotatable bonds is 4. The molecule has 0 radical (unpaired) electrons. The van der Waals surface area contributed by atoms with Crippen LogP contribution in [0.3, 0.4) is 0 Å². The molecule has 0 aliphatic carbocycles. The molecular formula is C19H11F5N6. The zero-order chi connectivity index (χ0) is 21.3. The van der Waals surface area contributed by atoms with Crippen molar-refractivity contribution in [3.8, 4) is 28.5 Å². The van der Waals surface area contributed by atoms with Crippen molar-refractivity contribution in [2.75, 3.05) is 0 Å². The average molecular weight is 418 g/mol. The van der Waals surface area contributed by atoms with Crippen LogP contribution in [-0.2, 0) is 6.18 Å². The minimum atomic E-state index is -4.61. The summed E-state index contributed by atoms with van der Waals surface area (Å²) >= 11 is 0. The summed E-state index contributed by atoms with van der Waals surface area (Å²) in [6.45, 7) is 0. The molecule has 4 aromatic rings. The predicted octanol–water partition coefficient (Wildman–Crippen LogP) is 4.74. The van der Waals surface area contributed by atoms with Crippen LogP contribution in [0.25, 0.3) is 28.5 Å². The van der Waals surface area contributed by atoms with Gasteiger partial charge in [-0.1, -0.05) is 0 Å².